The summed E-state index contributed by atoms with van der Waals surface area (Å²) in [7, 11) is 0. The minimum Gasteiger partial charge on any atom is -0.507 e. The lowest BCUT2D eigenvalue weighted by molar-refractivity contribution is -0.145. The number of benzene rings is 4. The normalized spacial score (nSPS) is 28.5. The summed E-state index contributed by atoms with van der Waals surface area (Å²) in [5.41, 5.74) is 1.51. The number of rotatable bonds is 3. The Hall–Kier alpha value is -5.10. The van der Waals surface area contributed by atoms with Gasteiger partial charge in [0.25, 0.3) is 0 Å². The van der Waals surface area contributed by atoms with Crippen molar-refractivity contribution < 1.29 is 24.3 Å². The minimum atomic E-state index is -1.32. The van der Waals surface area contributed by atoms with Crippen LogP contribution in [0, 0.1) is 23.7 Å². The van der Waals surface area contributed by atoms with Gasteiger partial charge in [-0.3, -0.25) is 24.1 Å². The number of hydrogen-bond acceptors (Lipinski definition) is 5. The molecule has 240 valence electrons. The van der Waals surface area contributed by atoms with Crippen molar-refractivity contribution in [2.24, 2.45) is 23.7 Å². The minimum absolute atomic E-state index is 0.124. The molecule has 0 radical (unpaired) electrons. The highest BCUT2D eigenvalue weighted by Crippen LogP contribution is 2.64. The third-order valence-electron chi connectivity index (χ3n) is 11.3. The number of aromatic hydroxyl groups is 1. The molecule has 8 rings (SSSR count). The maximum Gasteiger partial charge on any atom is 0.234 e. The molecule has 48 heavy (non-hydrogen) atoms. The van der Waals surface area contributed by atoms with Gasteiger partial charge in [0.05, 0.1) is 17.3 Å². The van der Waals surface area contributed by atoms with E-state index in [4.69, 9.17) is 0 Å². The molecule has 1 saturated heterocycles. The van der Waals surface area contributed by atoms with Gasteiger partial charge in [-0.25, -0.2) is 0 Å². The Morgan fingerprint density at radius 1 is 0.750 bits per heavy atom. The predicted molar refractivity (Wildman–Crippen MR) is 184 cm³/mol. The van der Waals surface area contributed by atoms with Gasteiger partial charge in [-0.15, -0.1) is 0 Å². The van der Waals surface area contributed by atoms with E-state index in [-0.39, 0.29) is 35.6 Å². The first-order chi connectivity index (χ1) is 23.0. The highest BCUT2D eigenvalue weighted by Gasteiger charge is 2.66. The Kier molecular flexibility index (Phi) is 6.75. The average Bonchev–Trinajstić information content (AvgIpc) is 3.36. The van der Waals surface area contributed by atoms with Crippen LogP contribution in [-0.4, -0.2) is 38.9 Å². The SMILES string of the molecule is CC(C)(C)N1C(=O)C2CC=C3C(CC4C(=O)C(c5ccccc5)=CC(=O)C4(c4ccccc4)C3c3ccc(O)c4ccccc34)C2C1=O. The lowest BCUT2D eigenvalue weighted by Gasteiger charge is -2.55. The van der Waals surface area contributed by atoms with Crippen molar-refractivity contribution in [1.82, 2.24) is 4.90 Å². The Bertz CT molecular complexity index is 2090. The number of phenols is 1. The first kappa shape index (κ1) is 30.2. The molecule has 1 aliphatic heterocycles. The molecular formula is C42H37NO5. The van der Waals surface area contributed by atoms with E-state index in [0.29, 0.717) is 22.9 Å². The number of amides is 2. The summed E-state index contributed by atoms with van der Waals surface area (Å²) in [6.45, 7) is 5.63. The molecule has 2 amide bonds. The average molecular weight is 636 g/mol. The molecule has 3 aliphatic carbocycles. The maximum absolute atomic E-state index is 15.2. The van der Waals surface area contributed by atoms with Crippen LogP contribution < -0.4 is 0 Å². The summed E-state index contributed by atoms with van der Waals surface area (Å²) in [5.74, 6) is -3.58. The van der Waals surface area contributed by atoms with Gasteiger partial charge in [0.1, 0.15) is 5.75 Å². The number of ketones is 2. The predicted octanol–water partition coefficient (Wildman–Crippen LogP) is 7.17. The Balaban J connectivity index is 1.44. The number of carbonyl (C=O) groups excluding carboxylic acids is 4. The summed E-state index contributed by atoms with van der Waals surface area (Å²) >= 11 is 0. The van der Waals surface area contributed by atoms with Gasteiger partial charge in [0.15, 0.2) is 11.6 Å². The Morgan fingerprint density at radius 3 is 2.08 bits per heavy atom. The monoisotopic (exact) mass is 635 g/mol. The second-order valence-electron chi connectivity index (χ2n) is 14.7. The van der Waals surface area contributed by atoms with Crippen LogP contribution in [-0.2, 0) is 24.6 Å². The zero-order valence-corrected chi connectivity index (χ0v) is 27.2. The smallest absolute Gasteiger partial charge is 0.234 e. The van der Waals surface area contributed by atoms with Gasteiger partial charge in [0, 0.05) is 28.3 Å². The number of carbonyl (C=O) groups is 4. The number of imide groups is 1. The van der Waals surface area contributed by atoms with Crippen molar-refractivity contribution in [1.29, 1.82) is 0 Å². The van der Waals surface area contributed by atoms with Crippen LogP contribution in [0.5, 0.6) is 5.75 Å². The van der Waals surface area contributed by atoms with Crippen LogP contribution in [0.4, 0.5) is 0 Å². The number of phenolic OH excluding ortho intramolecular Hbond substituents is 1. The Labute approximate surface area is 279 Å². The second kappa shape index (κ2) is 10.7. The maximum atomic E-state index is 15.2. The zero-order valence-electron chi connectivity index (χ0n) is 27.2. The van der Waals surface area contributed by atoms with Gasteiger partial charge in [-0.1, -0.05) is 103 Å². The Morgan fingerprint density at radius 2 is 1.40 bits per heavy atom. The number of fused-ring (bicyclic) bond motifs is 5. The van der Waals surface area contributed by atoms with Crippen molar-refractivity contribution in [3.63, 3.8) is 0 Å². The molecule has 1 N–H and O–H groups in total. The summed E-state index contributed by atoms with van der Waals surface area (Å²) in [5, 5.41) is 12.4. The fourth-order valence-electron chi connectivity index (χ4n) is 9.44. The molecule has 6 unspecified atom stereocenters. The molecule has 6 heteroatoms. The molecule has 4 aromatic rings. The lowest BCUT2D eigenvalue weighted by atomic mass is 9.44. The zero-order chi connectivity index (χ0) is 33.5. The molecule has 2 fully saturated rings. The summed E-state index contributed by atoms with van der Waals surface area (Å²) in [6, 6.07) is 30.0. The first-order valence-electron chi connectivity index (χ1n) is 16.7. The molecule has 6 nitrogen and oxygen atoms in total. The third-order valence-corrected chi connectivity index (χ3v) is 11.3. The number of nitrogens with zero attached hydrogens (tertiary/aromatic N) is 1. The van der Waals surface area contributed by atoms with Gasteiger partial charge in [-0.2, -0.15) is 0 Å². The van der Waals surface area contributed by atoms with E-state index in [9.17, 15) is 14.7 Å². The first-order valence-corrected chi connectivity index (χ1v) is 16.7. The van der Waals surface area contributed by atoms with Crippen molar-refractivity contribution in [2.75, 3.05) is 0 Å². The number of allylic oxidation sites excluding steroid dienone is 4. The van der Waals surface area contributed by atoms with Gasteiger partial charge in [-0.05, 0) is 73.7 Å². The fourth-order valence-corrected chi connectivity index (χ4v) is 9.44. The molecule has 0 bridgehead atoms. The molecule has 0 aromatic heterocycles. The van der Waals surface area contributed by atoms with Crippen LogP contribution in [0.25, 0.3) is 16.3 Å². The number of hydrogen-bond donors (Lipinski definition) is 1. The molecule has 4 aromatic carbocycles. The van der Waals surface area contributed by atoms with Crippen molar-refractivity contribution in [2.45, 2.75) is 50.5 Å². The van der Waals surface area contributed by atoms with Crippen LogP contribution in [0.3, 0.4) is 0 Å². The largest absolute Gasteiger partial charge is 0.507 e. The molecule has 4 aliphatic rings. The van der Waals surface area contributed by atoms with E-state index in [1.54, 1.807) is 6.07 Å². The van der Waals surface area contributed by atoms with Crippen LogP contribution in [0.15, 0.2) is 115 Å². The topological polar surface area (TPSA) is 91.8 Å². The highest BCUT2D eigenvalue weighted by atomic mass is 16.3. The summed E-state index contributed by atoms with van der Waals surface area (Å²) in [6.07, 6.45) is 4.27. The third kappa shape index (κ3) is 4.11. The second-order valence-corrected chi connectivity index (χ2v) is 14.7. The van der Waals surface area contributed by atoms with Crippen LogP contribution in [0.1, 0.15) is 56.2 Å². The highest BCUT2D eigenvalue weighted by molar-refractivity contribution is 6.31. The van der Waals surface area contributed by atoms with Gasteiger partial charge >= 0.3 is 0 Å². The van der Waals surface area contributed by atoms with E-state index >= 15 is 9.59 Å². The quantitative estimate of drug-likeness (QED) is 0.190. The standard InChI is InChI=1S/C42H37NO5/c1-41(2,3)43-39(47)30-19-18-29-32(36(30)40(43)48)22-33-38(46)31(24-12-6-4-7-13-24)23-35(45)42(33,25-14-8-5-9-15-25)37(29)28-20-21-34(44)27-17-11-10-16-26(27)28/h4-18,20-21,23,30,32-33,36-37,44H,19,22H2,1-3H3. The van der Waals surface area contributed by atoms with E-state index < -0.39 is 40.5 Å². The fraction of sp³-hybridized carbons (Fsp3) is 0.286. The molecule has 1 saturated carbocycles. The molecular weight excluding hydrogens is 598 g/mol. The molecule has 0 spiro atoms. The molecule has 6 atom stereocenters. The van der Waals surface area contributed by atoms with E-state index in [2.05, 4.69) is 6.08 Å². The van der Waals surface area contributed by atoms with Crippen LogP contribution in [0.2, 0.25) is 0 Å². The van der Waals surface area contributed by atoms with Crippen molar-refractivity contribution in [3.8, 4) is 5.75 Å². The summed E-state index contributed by atoms with van der Waals surface area (Å²) < 4.78 is 0. The number of Topliss-reactive ketones (excluding diaryl/α,β-unsaturated/α-hetero) is 1. The van der Waals surface area contributed by atoms with Crippen molar-refractivity contribution >= 4 is 39.7 Å². The van der Waals surface area contributed by atoms with Gasteiger partial charge in [0.2, 0.25) is 11.8 Å². The number of likely N-dealkylation sites (tertiary alicyclic amines) is 1. The van der Waals surface area contributed by atoms with Gasteiger partial charge < -0.3 is 5.11 Å². The van der Waals surface area contributed by atoms with E-state index in [1.807, 2.05) is 112 Å². The van der Waals surface area contributed by atoms with E-state index in [0.717, 1.165) is 22.1 Å². The lowest BCUT2D eigenvalue weighted by Crippen LogP contribution is -2.59. The van der Waals surface area contributed by atoms with Crippen molar-refractivity contribution in [3.05, 3.63) is 131 Å². The van der Waals surface area contributed by atoms with E-state index in [1.165, 1.54) is 11.0 Å². The molecule has 1 heterocycles. The summed E-state index contributed by atoms with van der Waals surface area (Å²) in [4.78, 5) is 60.0. The van der Waals surface area contributed by atoms with Crippen LogP contribution >= 0.6 is 0 Å².